The second-order valence-electron chi connectivity index (χ2n) is 3.38. The van der Waals surface area contributed by atoms with Gasteiger partial charge in [0, 0.05) is 29.9 Å². The van der Waals surface area contributed by atoms with Crippen molar-refractivity contribution in [3.63, 3.8) is 0 Å². The van der Waals surface area contributed by atoms with Crippen LogP contribution in [-0.4, -0.2) is 15.3 Å². The summed E-state index contributed by atoms with van der Waals surface area (Å²) in [5, 5.41) is 1.34. The summed E-state index contributed by atoms with van der Waals surface area (Å²) in [6.45, 7) is 4.32. The Bertz CT molecular complexity index is 531. The van der Waals surface area contributed by atoms with E-state index in [1.165, 1.54) is 6.92 Å². The molecule has 0 bridgehead atoms. The molecule has 0 aromatic carbocycles. The van der Waals surface area contributed by atoms with Crippen molar-refractivity contribution in [2.75, 3.05) is 0 Å². The molecule has 0 aliphatic heterocycles. The molecule has 0 aliphatic carbocycles. The molecular weight excluding hydrogens is 212 g/mol. The van der Waals surface area contributed by atoms with Crippen molar-refractivity contribution in [1.29, 1.82) is 0 Å². The molecule has 0 saturated carbocycles. The van der Waals surface area contributed by atoms with Gasteiger partial charge in [-0.25, -0.2) is 4.98 Å². The van der Waals surface area contributed by atoms with Gasteiger partial charge in [0.25, 0.3) is 0 Å². The molecule has 0 fully saturated rings. The fraction of sp³-hybridized carbons (Fsp3) is 0.273. The Balaban J connectivity index is 2.88. The van der Waals surface area contributed by atoms with Gasteiger partial charge in [0.1, 0.15) is 5.65 Å². The van der Waals surface area contributed by atoms with Gasteiger partial charge in [-0.1, -0.05) is 11.6 Å². The van der Waals surface area contributed by atoms with E-state index < -0.39 is 0 Å². The number of pyridine rings is 1. The normalized spacial score (nSPS) is 10.9. The predicted molar refractivity (Wildman–Crippen MR) is 60.4 cm³/mol. The molecular formula is C11H11ClN2O. The van der Waals surface area contributed by atoms with Crippen LogP contribution in [0.15, 0.2) is 18.5 Å². The van der Waals surface area contributed by atoms with Gasteiger partial charge >= 0.3 is 0 Å². The molecule has 2 aromatic rings. The molecule has 2 rings (SSSR count). The van der Waals surface area contributed by atoms with Gasteiger partial charge in [-0.2, -0.15) is 0 Å². The molecule has 0 radical (unpaired) electrons. The number of hydrogen-bond donors (Lipinski definition) is 0. The molecule has 78 valence electrons. The molecule has 0 saturated heterocycles. The first-order valence-corrected chi connectivity index (χ1v) is 5.17. The van der Waals surface area contributed by atoms with Gasteiger partial charge in [-0.15, -0.1) is 0 Å². The minimum atomic E-state index is 0.0158. The first-order valence-electron chi connectivity index (χ1n) is 4.79. The number of ketones is 1. The van der Waals surface area contributed by atoms with Crippen LogP contribution in [0.5, 0.6) is 0 Å². The van der Waals surface area contributed by atoms with E-state index in [-0.39, 0.29) is 5.78 Å². The topological polar surface area (TPSA) is 34.9 Å². The third-order valence-corrected chi connectivity index (χ3v) is 2.74. The smallest absolute Gasteiger partial charge is 0.162 e. The highest BCUT2D eigenvalue weighted by atomic mass is 35.5. The lowest BCUT2D eigenvalue weighted by Gasteiger charge is -1.98. The highest BCUT2D eigenvalue weighted by Crippen LogP contribution is 2.27. The number of Topliss-reactive ketones (excluding diaryl/α,β-unsaturated/α-hetero) is 1. The minimum Gasteiger partial charge on any atom is -0.332 e. The van der Waals surface area contributed by atoms with Crippen molar-refractivity contribution in [3.8, 4) is 0 Å². The third-order valence-electron chi connectivity index (χ3n) is 2.43. The molecule has 2 aromatic heterocycles. The van der Waals surface area contributed by atoms with Crippen LogP contribution < -0.4 is 0 Å². The zero-order chi connectivity index (χ0) is 11.0. The van der Waals surface area contributed by atoms with Crippen molar-refractivity contribution in [2.24, 2.45) is 0 Å². The Morgan fingerprint density at radius 2 is 2.33 bits per heavy atom. The molecule has 15 heavy (non-hydrogen) atoms. The van der Waals surface area contributed by atoms with Crippen LogP contribution in [0.4, 0.5) is 0 Å². The molecule has 0 N–H and O–H groups in total. The number of hydrogen-bond acceptors (Lipinski definition) is 2. The maximum absolute atomic E-state index is 11.4. The van der Waals surface area contributed by atoms with Crippen LogP contribution in [0, 0.1) is 0 Å². The van der Waals surface area contributed by atoms with Gasteiger partial charge in [-0.05, 0) is 19.9 Å². The maximum atomic E-state index is 11.4. The first kappa shape index (κ1) is 10.2. The van der Waals surface area contributed by atoms with Crippen molar-refractivity contribution >= 4 is 28.4 Å². The van der Waals surface area contributed by atoms with Crippen LogP contribution in [0.2, 0.25) is 5.02 Å². The summed E-state index contributed by atoms with van der Waals surface area (Å²) in [5.74, 6) is 0.0158. The van der Waals surface area contributed by atoms with Gasteiger partial charge < -0.3 is 4.57 Å². The standard InChI is InChI=1S/C11H11ClN2O/c1-3-14-6-8(7(2)15)10-9(12)4-5-13-11(10)14/h4-6H,3H2,1-2H3. The molecule has 2 heterocycles. The summed E-state index contributed by atoms with van der Waals surface area (Å²) >= 11 is 6.07. The lowest BCUT2D eigenvalue weighted by atomic mass is 10.1. The predicted octanol–water partition coefficient (Wildman–Crippen LogP) is 2.91. The van der Waals surface area contributed by atoms with Gasteiger partial charge in [0.2, 0.25) is 0 Å². The summed E-state index contributed by atoms with van der Waals surface area (Å²) in [4.78, 5) is 15.7. The molecule has 3 nitrogen and oxygen atoms in total. The zero-order valence-electron chi connectivity index (χ0n) is 8.62. The number of fused-ring (bicyclic) bond motifs is 1. The van der Waals surface area contributed by atoms with E-state index in [0.29, 0.717) is 10.6 Å². The van der Waals surface area contributed by atoms with E-state index in [1.807, 2.05) is 17.7 Å². The SMILES string of the molecule is CCn1cc(C(C)=O)c2c(Cl)ccnc21. The number of carbonyl (C=O) groups excluding carboxylic acids is 1. The second kappa shape index (κ2) is 3.66. The van der Waals surface area contributed by atoms with E-state index in [4.69, 9.17) is 11.6 Å². The van der Waals surface area contributed by atoms with Crippen LogP contribution >= 0.6 is 11.6 Å². The number of aromatic nitrogens is 2. The number of rotatable bonds is 2. The van der Waals surface area contributed by atoms with E-state index in [2.05, 4.69) is 4.98 Å². The minimum absolute atomic E-state index is 0.0158. The average molecular weight is 223 g/mol. The highest BCUT2D eigenvalue weighted by Gasteiger charge is 2.14. The number of aryl methyl sites for hydroxylation is 1. The fourth-order valence-electron chi connectivity index (χ4n) is 1.68. The zero-order valence-corrected chi connectivity index (χ0v) is 9.38. The van der Waals surface area contributed by atoms with Crippen molar-refractivity contribution in [1.82, 2.24) is 9.55 Å². The van der Waals surface area contributed by atoms with Crippen LogP contribution in [0.1, 0.15) is 24.2 Å². The largest absolute Gasteiger partial charge is 0.332 e. The summed E-state index contributed by atoms with van der Waals surface area (Å²) < 4.78 is 1.93. The van der Waals surface area contributed by atoms with Crippen molar-refractivity contribution in [2.45, 2.75) is 20.4 Å². The molecule has 4 heteroatoms. The second-order valence-corrected chi connectivity index (χ2v) is 3.78. The van der Waals surface area contributed by atoms with E-state index >= 15 is 0 Å². The fourth-order valence-corrected chi connectivity index (χ4v) is 1.93. The number of halogens is 1. The lowest BCUT2D eigenvalue weighted by molar-refractivity contribution is 0.101. The van der Waals surface area contributed by atoms with Crippen molar-refractivity contribution < 1.29 is 4.79 Å². The number of nitrogens with zero attached hydrogens (tertiary/aromatic N) is 2. The van der Waals surface area contributed by atoms with Crippen LogP contribution in [0.25, 0.3) is 11.0 Å². The number of carbonyl (C=O) groups is 1. The monoisotopic (exact) mass is 222 g/mol. The summed E-state index contributed by atoms with van der Waals surface area (Å²) in [6, 6.07) is 1.70. The van der Waals surface area contributed by atoms with E-state index in [9.17, 15) is 4.79 Å². The molecule has 0 amide bonds. The summed E-state index contributed by atoms with van der Waals surface area (Å²) in [7, 11) is 0. The molecule has 0 spiro atoms. The molecule has 0 unspecified atom stereocenters. The van der Waals surface area contributed by atoms with E-state index in [1.54, 1.807) is 12.3 Å². The Labute approximate surface area is 92.7 Å². The first-order chi connectivity index (χ1) is 7.15. The Morgan fingerprint density at radius 3 is 2.93 bits per heavy atom. The lowest BCUT2D eigenvalue weighted by Crippen LogP contribution is -1.92. The third kappa shape index (κ3) is 1.53. The Morgan fingerprint density at radius 1 is 1.60 bits per heavy atom. The molecule has 0 atom stereocenters. The Hall–Kier alpha value is -1.35. The highest BCUT2D eigenvalue weighted by molar-refractivity contribution is 6.36. The maximum Gasteiger partial charge on any atom is 0.162 e. The molecule has 0 aliphatic rings. The van der Waals surface area contributed by atoms with Gasteiger partial charge in [-0.3, -0.25) is 4.79 Å². The summed E-state index contributed by atoms with van der Waals surface area (Å²) in [6.07, 6.45) is 3.46. The van der Waals surface area contributed by atoms with Gasteiger partial charge in [0.05, 0.1) is 5.02 Å². The Kier molecular flexibility index (Phi) is 2.49. The van der Waals surface area contributed by atoms with Crippen LogP contribution in [0.3, 0.4) is 0 Å². The average Bonchev–Trinajstić information content (AvgIpc) is 2.58. The quantitative estimate of drug-likeness (QED) is 0.733. The van der Waals surface area contributed by atoms with Gasteiger partial charge in [0.15, 0.2) is 5.78 Å². The summed E-state index contributed by atoms with van der Waals surface area (Å²) in [5.41, 5.74) is 1.42. The van der Waals surface area contributed by atoms with Crippen molar-refractivity contribution in [3.05, 3.63) is 29.0 Å². The van der Waals surface area contributed by atoms with E-state index in [0.717, 1.165) is 17.6 Å². The van der Waals surface area contributed by atoms with Crippen LogP contribution in [-0.2, 0) is 6.54 Å².